The van der Waals surface area contributed by atoms with Crippen molar-refractivity contribution in [3.63, 3.8) is 0 Å². The molecule has 0 saturated heterocycles. The molecular weight excluding hydrogens is 651 g/mol. The van der Waals surface area contributed by atoms with Gasteiger partial charge in [-0.15, -0.1) is 6.42 Å². The number of H-pyrrole nitrogens is 2. The zero-order chi connectivity index (χ0) is 36.1. The van der Waals surface area contributed by atoms with Crippen LogP contribution in [0.5, 0.6) is 0 Å². The highest BCUT2D eigenvalue weighted by atomic mass is 15.1. The van der Waals surface area contributed by atoms with Crippen molar-refractivity contribution in [2.75, 3.05) is 14.7 Å². The van der Waals surface area contributed by atoms with Gasteiger partial charge in [0.25, 0.3) is 0 Å². The number of allylic oxidation sites excluding steroid dienone is 6. The van der Waals surface area contributed by atoms with E-state index in [1.54, 1.807) is 0 Å². The predicted molar refractivity (Wildman–Crippen MR) is 222 cm³/mol. The molecule has 0 fully saturated rings. The summed E-state index contributed by atoms with van der Waals surface area (Å²) < 4.78 is 0. The summed E-state index contributed by atoms with van der Waals surface area (Å²) in [5.74, 6) is 3.78. The van der Waals surface area contributed by atoms with Crippen molar-refractivity contribution < 1.29 is 0 Å². The molecular formula is C46H39N7. The molecule has 53 heavy (non-hydrogen) atoms. The molecule has 0 radical (unpaired) electrons. The molecule has 0 saturated carbocycles. The van der Waals surface area contributed by atoms with Crippen molar-refractivity contribution in [1.82, 2.24) is 19.9 Å². The van der Waals surface area contributed by atoms with Crippen LogP contribution in [0.4, 0.5) is 17.1 Å². The Balaban J connectivity index is 1.41. The Kier molecular flexibility index (Phi) is 7.93. The summed E-state index contributed by atoms with van der Waals surface area (Å²) in [4.78, 5) is 24.8. The molecule has 0 spiro atoms. The van der Waals surface area contributed by atoms with E-state index in [0.717, 1.165) is 78.6 Å². The van der Waals surface area contributed by atoms with Gasteiger partial charge in [-0.25, -0.2) is 9.97 Å². The Bertz CT molecular complexity index is 2520. The minimum atomic E-state index is 0.340. The van der Waals surface area contributed by atoms with Crippen molar-refractivity contribution in [2.24, 2.45) is 17.8 Å². The van der Waals surface area contributed by atoms with E-state index in [1.165, 1.54) is 0 Å². The van der Waals surface area contributed by atoms with Gasteiger partial charge in [0.2, 0.25) is 0 Å². The number of fused-ring (bicyclic) bond motifs is 8. The minimum absolute atomic E-state index is 0.340. The summed E-state index contributed by atoms with van der Waals surface area (Å²) in [7, 11) is 0. The van der Waals surface area contributed by atoms with Gasteiger partial charge in [-0.3, -0.25) is 0 Å². The number of terminal acetylenes is 1. The molecule has 7 heteroatoms. The van der Waals surface area contributed by atoms with Gasteiger partial charge in [0.05, 0.1) is 56.4 Å². The first kappa shape index (κ1) is 32.1. The second-order valence-electron chi connectivity index (χ2n) is 14.0. The second-order valence-corrected chi connectivity index (χ2v) is 14.0. The SMILES string of the molecule is C#Cc1ccc(-c2c3nc(c(N4C=CC(C)C=C4)c4ccc([nH]4)c(N4C=CC(C)C=C4)c4nc(c(N5C=CC(C)C=C5)c5ccc2[nH]5)C=C4)C=C3)cc1. The number of hydrogen-bond acceptors (Lipinski definition) is 5. The number of rotatable bonds is 4. The number of nitrogens with one attached hydrogen (secondary N) is 2. The van der Waals surface area contributed by atoms with E-state index in [9.17, 15) is 0 Å². The maximum Gasteiger partial charge on any atom is 0.0947 e. The van der Waals surface area contributed by atoms with Crippen LogP contribution < -0.4 is 14.7 Å². The lowest BCUT2D eigenvalue weighted by Gasteiger charge is -2.22. The third-order valence-corrected chi connectivity index (χ3v) is 10.1. The molecule has 0 atom stereocenters. The molecule has 9 rings (SSSR count). The molecule has 0 amide bonds. The van der Waals surface area contributed by atoms with Crippen LogP contribution in [0.3, 0.4) is 0 Å². The molecule has 258 valence electrons. The molecule has 5 aliphatic heterocycles. The topological polar surface area (TPSA) is 67.1 Å². The summed E-state index contributed by atoms with van der Waals surface area (Å²) in [6.07, 6.45) is 40.2. The highest BCUT2D eigenvalue weighted by Crippen LogP contribution is 2.39. The first-order chi connectivity index (χ1) is 25.9. The molecule has 0 unspecified atom stereocenters. The van der Waals surface area contributed by atoms with Gasteiger partial charge in [0.1, 0.15) is 0 Å². The fourth-order valence-corrected chi connectivity index (χ4v) is 7.17. The highest BCUT2D eigenvalue weighted by molar-refractivity contribution is 5.98. The van der Waals surface area contributed by atoms with Gasteiger partial charge in [0, 0.05) is 53.8 Å². The van der Waals surface area contributed by atoms with Gasteiger partial charge in [0.15, 0.2) is 0 Å². The van der Waals surface area contributed by atoms with Crippen LogP contribution >= 0.6 is 0 Å². The monoisotopic (exact) mass is 689 g/mol. The summed E-state index contributed by atoms with van der Waals surface area (Å²) in [5, 5.41) is 0. The molecule has 8 heterocycles. The molecule has 3 aromatic heterocycles. The average molecular weight is 690 g/mol. The van der Waals surface area contributed by atoms with Crippen LogP contribution in [0.1, 0.15) is 49.1 Å². The fourth-order valence-electron chi connectivity index (χ4n) is 7.17. The number of aromatic nitrogens is 4. The third-order valence-electron chi connectivity index (χ3n) is 10.1. The second kappa shape index (κ2) is 13.1. The van der Waals surface area contributed by atoms with Crippen LogP contribution in [0, 0.1) is 30.1 Å². The molecule has 0 aliphatic carbocycles. The van der Waals surface area contributed by atoms with Crippen LogP contribution in [0.25, 0.3) is 57.5 Å². The van der Waals surface area contributed by atoms with Crippen molar-refractivity contribution >= 4 is 63.4 Å². The Morgan fingerprint density at radius 2 is 0.849 bits per heavy atom. The first-order valence-electron chi connectivity index (χ1n) is 18.1. The lowest BCUT2D eigenvalue weighted by Crippen LogP contribution is -2.14. The molecule has 5 aliphatic rings. The summed E-state index contributed by atoms with van der Waals surface area (Å²) in [6, 6.07) is 16.7. The van der Waals surface area contributed by atoms with Gasteiger partial charge in [-0.1, -0.05) is 75.3 Å². The Hall–Kier alpha value is -6.78. The fraction of sp³-hybridized carbons (Fsp3) is 0.130. The minimum Gasteiger partial charge on any atom is -0.353 e. The van der Waals surface area contributed by atoms with E-state index in [-0.39, 0.29) is 0 Å². The molecule has 7 nitrogen and oxygen atoms in total. The molecule has 8 bridgehead atoms. The summed E-state index contributed by atoms with van der Waals surface area (Å²) in [5.41, 5.74) is 12.8. The lowest BCUT2D eigenvalue weighted by molar-refractivity contribution is 0.906. The van der Waals surface area contributed by atoms with E-state index in [1.807, 2.05) is 12.1 Å². The average Bonchev–Trinajstić information content (AvgIpc) is 4.02. The first-order valence-corrected chi connectivity index (χ1v) is 18.1. The summed E-state index contributed by atoms with van der Waals surface area (Å²) >= 11 is 0. The third kappa shape index (κ3) is 5.94. The van der Waals surface area contributed by atoms with Gasteiger partial charge < -0.3 is 24.7 Å². The summed E-state index contributed by atoms with van der Waals surface area (Å²) in [6.45, 7) is 6.55. The quantitative estimate of drug-likeness (QED) is 0.180. The van der Waals surface area contributed by atoms with Crippen molar-refractivity contribution in [3.05, 3.63) is 151 Å². The number of nitrogens with zero attached hydrogens (tertiary/aromatic N) is 5. The van der Waals surface area contributed by atoms with Gasteiger partial charge in [-0.05, 0) is 84.0 Å². The smallest absolute Gasteiger partial charge is 0.0947 e. The molecule has 4 aromatic rings. The number of aromatic amines is 2. The van der Waals surface area contributed by atoms with E-state index in [2.05, 4.69) is 186 Å². The van der Waals surface area contributed by atoms with E-state index in [0.29, 0.717) is 17.8 Å². The van der Waals surface area contributed by atoms with Crippen molar-refractivity contribution in [1.29, 1.82) is 0 Å². The Labute approximate surface area is 309 Å². The van der Waals surface area contributed by atoms with Crippen LogP contribution in [0.2, 0.25) is 0 Å². The largest absolute Gasteiger partial charge is 0.353 e. The van der Waals surface area contributed by atoms with Crippen LogP contribution in [0.15, 0.2) is 122 Å². The van der Waals surface area contributed by atoms with Gasteiger partial charge in [-0.2, -0.15) is 0 Å². The molecule has 1 aromatic carbocycles. The Morgan fingerprint density at radius 1 is 0.491 bits per heavy atom. The Morgan fingerprint density at radius 3 is 1.26 bits per heavy atom. The van der Waals surface area contributed by atoms with E-state index in [4.69, 9.17) is 16.4 Å². The number of benzene rings is 1. The van der Waals surface area contributed by atoms with E-state index >= 15 is 0 Å². The molecule has 2 N–H and O–H groups in total. The van der Waals surface area contributed by atoms with Crippen molar-refractivity contribution in [2.45, 2.75) is 20.8 Å². The number of hydrogen-bond donors (Lipinski definition) is 2. The van der Waals surface area contributed by atoms with E-state index < -0.39 is 0 Å². The maximum atomic E-state index is 5.76. The zero-order valence-corrected chi connectivity index (χ0v) is 29.9. The highest BCUT2D eigenvalue weighted by Gasteiger charge is 2.22. The van der Waals surface area contributed by atoms with Crippen LogP contribution in [-0.4, -0.2) is 19.9 Å². The normalized spacial score (nSPS) is 16.8. The van der Waals surface area contributed by atoms with Crippen LogP contribution in [-0.2, 0) is 0 Å². The van der Waals surface area contributed by atoms with Crippen molar-refractivity contribution in [3.8, 4) is 23.5 Å². The predicted octanol–water partition coefficient (Wildman–Crippen LogP) is 10.8. The lowest BCUT2D eigenvalue weighted by atomic mass is 10.0. The number of anilines is 3. The maximum absolute atomic E-state index is 5.76. The zero-order valence-electron chi connectivity index (χ0n) is 29.9. The standard InChI is InChI=1S/C46H39N7/c1-5-33-6-8-34(9-7-33)43-35-10-12-37(47-35)44(51-24-18-30(2)19-25-51)39-14-16-41(49-39)46(53-28-22-32(4)23-29-53)42-17-15-40(50-42)45(38-13-11-36(43)48-38)52-26-20-31(3)21-27-52/h1,6-32,47,50H,2-4H3. The van der Waals surface area contributed by atoms with Gasteiger partial charge >= 0.3 is 0 Å².